The highest BCUT2D eigenvalue weighted by Gasteiger charge is 2.20. The summed E-state index contributed by atoms with van der Waals surface area (Å²) in [5, 5.41) is 3.38. The molecule has 0 unspecified atom stereocenters. The van der Waals surface area contributed by atoms with Crippen LogP contribution in [0.5, 0.6) is 0 Å². The van der Waals surface area contributed by atoms with E-state index in [1.807, 2.05) is 6.07 Å². The number of benzene rings is 1. The van der Waals surface area contributed by atoms with E-state index < -0.39 is 0 Å². The monoisotopic (exact) mass is 325 g/mol. The lowest BCUT2D eigenvalue weighted by Crippen LogP contribution is -2.35. The van der Waals surface area contributed by atoms with E-state index in [9.17, 15) is 0 Å². The minimum absolute atomic E-state index is 0. The summed E-state index contributed by atoms with van der Waals surface area (Å²) in [5.74, 6) is 0. The van der Waals surface area contributed by atoms with Gasteiger partial charge in [0.2, 0.25) is 0 Å². The summed E-state index contributed by atoms with van der Waals surface area (Å²) in [6.07, 6.45) is 1.25. The molecule has 1 N–H and O–H groups in total. The van der Waals surface area contributed by atoms with Crippen LogP contribution in [0.4, 0.5) is 0 Å². The van der Waals surface area contributed by atoms with Crippen LogP contribution in [-0.2, 0) is 0 Å². The number of hydrogen-bond acceptors (Lipinski definition) is 1. The Morgan fingerprint density at radius 2 is 2.00 bits per heavy atom. The standard InChI is InChI=1S/C9H9Br2N.ClH/c10-6-1-2-8(11)7(5-6)9-3-4-12-9;/h1-2,5,9,12H,3-4H2;1H/t9-;/m1./s1. The summed E-state index contributed by atoms with van der Waals surface area (Å²) in [6, 6.07) is 6.85. The fourth-order valence-electron chi connectivity index (χ4n) is 1.34. The maximum Gasteiger partial charge on any atom is 0.0343 e. The van der Waals surface area contributed by atoms with E-state index in [2.05, 4.69) is 49.3 Å². The SMILES string of the molecule is Brc1ccc(Br)c([C@H]2CCN2)c1.Cl. The van der Waals surface area contributed by atoms with Crippen LogP contribution in [0.2, 0.25) is 0 Å². The van der Waals surface area contributed by atoms with Gasteiger partial charge in [0.15, 0.2) is 0 Å². The van der Waals surface area contributed by atoms with Gasteiger partial charge in [0.1, 0.15) is 0 Å². The Hall–Kier alpha value is 0.430. The second kappa shape index (κ2) is 4.78. The van der Waals surface area contributed by atoms with Crippen molar-refractivity contribution in [3.63, 3.8) is 0 Å². The van der Waals surface area contributed by atoms with Crippen molar-refractivity contribution in [2.75, 3.05) is 6.54 Å². The molecule has 1 atom stereocenters. The van der Waals surface area contributed by atoms with Crippen molar-refractivity contribution in [1.82, 2.24) is 5.32 Å². The third-order valence-electron chi connectivity index (χ3n) is 2.16. The molecule has 1 aromatic rings. The normalized spacial score (nSPS) is 20.3. The second-order valence-corrected chi connectivity index (χ2v) is 4.73. The van der Waals surface area contributed by atoms with Gasteiger partial charge in [-0.3, -0.25) is 0 Å². The smallest absolute Gasteiger partial charge is 0.0343 e. The predicted octanol–water partition coefficient (Wildman–Crippen LogP) is 3.67. The van der Waals surface area contributed by atoms with Crippen molar-refractivity contribution in [2.45, 2.75) is 12.5 Å². The molecule has 0 aromatic heterocycles. The van der Waals surface area contributed by atoms with Crippen LogP contribution in [0, 0.1) is 0 Å². The van der Waals surface area contributed by atoms with Crippen molar-refractivity contribution in [1.29, 1.82) is 0 Å². The van der Waals surface area contributed by atoms with Crippen LogP contribution in [0.15, 0.2) is 27.1 Å². The molecule has 1 nitrogen and oxygen atoms in total. The summed E-state index contributed by atoms with van der Waals surface area (Å²) in [6.45, 7) is 1.14. The molecular weight excluding hydrogens is 317 g/mol. The zero-order chi connectivity index (χ0) is 8.55. The van der Waals surface area contributed by atoms with E-state index in [0.29, 0.717) is 6.04 Å². The fraction of sp³-hybridized carbons (Fsp3) is 0.333. The number of rotatable bonds is 1. The molecule has 0 bridgehead atoms. The average Bonchev–Trinajstić information content (AvgIpc) is 1.93. The highest BCUT2D eigenvalue weighted by Crippen LogP contribution is 2.31. The molecule has 0 amide bonds. The molecule has 72 valence electrons. The molecule has 13 heavy (non-hydrogen) atoms. The molecule has 1 fully saturated rings. The zero-order valence-corrected chi connectivity index (χ0v) is 10.9. The molecule has 2 rings (SSSR count). The van der Waals surface area contributed by atoms with E-state index in [1.54, 1.807) is 0 Å². The Balaban J connectivity index is 0.000000845. The predicted molar refractivity (Wildman–Crippen MR) is 64.5 cm³/mol. The minimum Gasteiger partial charge on any atom is -0.310 e. The third-order valence-corrected chi connectivity index (χ3v) is 3.37. The van der Waals surface area contributed by atoms with E-state index in [4.69, 9.17) is 0 Å². The van der Waals surface area contributed by atoms with Crippen LogP contribution < -0.4 is 5.32 Å². The Morgan fingerprint density at radius 1 is 1.31 bits per heavy atom. The lowest BCUT2D eigenvalue weighted by molar-refractivity contribution is 0.382. The topological polar surface area (TPSA) is 12.0 Å². The first kappa shape index (κ1) is 11.5. The lowest BCUT2D eigenvalue weighted by Gasteiger charge is -2.29. The molecule has 0 aliphatic carbocycles. The molecule has 1 aromatic carbocycles. The van der Waals surface area contributed by atoms with Crippen molar-refractivity contribution in [2.24, 2.45) is 0 Å². The summed E-state index contributed by atoms with van der Waals surface area (Å²) in [7, 11) is 0. The van der Waals surface area contributed by atoms with Crippen molar-refractivity contribution < 1.29 is 0 Å². The van der Waals surface area contributed by atoms with Crippen LogP contribution in [-0.4, -0.2) is 6.54 Å². The highest BCUT2D eigenvalue weighted by atomic mass is 79.9. The Kier molecular flexibility index (Phi) is 4.23. The molecule has 1 aliphatic heterocycles. The highest BCUT2D eigenvalue weighted by molar-refractivity contribution is 9.11. The Labute approximate surface area is 101 Å². The first-order valence-corrected chi connectivity index (χ1v) is 5.54. The first-order chi connectivity index (χ1) is 5.77. The van der Waals surface area contributed by atoms with Gasteiger partial charge in [-0.2, -0.15) is 0 Å². The van der Waals surface area contributed by atoms with Gasteiger partial charge in [0, 0.05) is 15.0 Å². The van der Waals surface area contributed by atoms with Gasteiger partial charge in [-0.25, -0.2) is 0 Å². The van der Waals surface area contributed by atoms with Gasteiger partial charge in [0.25, 0.3) is 0 Å². The molecule has 0 saturated carbocycles. The van der Waals surface area contributed by atoms with Crippen molar-refractivity contribution in [3.8, 4) is 0 Å². The molecule has 1 heterocycles. The van der Waals surface area contributed by atoms with Gasteiger partial charge in [-0.1, -0.05) is 31.9 Å². The molecule has 1 saturated heterocycles. The fourth-order valence-corrected chi connectivity index (χ4v) is 2.24. The summed E-state index contributed by atoms with van der Waals surface area (Å²) in [4.78, 5) is 0. The van der Waals surface area contributed by atoms with Crippen LogP contribution in [0.25, 0.3) is 0 Å². The molecule has 4 heteroatoms. The maximum atomic E-state index is 3.54. The zero-order valence-electron chi connectivity index (χ0n) is 6.89. The van der Waals surface area contributed by atoms with Crippen LogP contribution in [0.1, 0.15) is 18.0 Å². The molecule has 0 radical (unpaired) electrons. The average molecular weight is 327 g/mol. The molecular formula is C9H10Br2ClN. The van der Waals surface area contributed by atoms with Crippen molar-refractivity contribution in [3.05, 3.63) is 32.7 Å². The summed E-state index contributed by atoms with van der Waals surface area (Å²) < 4.78 is 2.34. The van der Waals surface area contributed by atoms with Gasteiger partial charge < -0.3 is 5.32 Å². The van der Waals surface area contributed by atoms with E-state index >= 15 is 0 Å². The minimum atomic E-state index is 0. The Bertz CT molecular complexity index is 300. The molecule has 1 aliphatic rings. The maximum absolute atomic E-state index is 3.54. The van der Waals surface area contributed by atoms with Gasteiger partial charge in [0.05, 0.1) is 0 Å². The first-order valence-electron chi connectivity index (χ1n) is 3.96. The quantitative estimate of drug-likeness (QED) is 0.830. The van der Waals surface area contributed by atoms with Gasteiger partial charge in [-0.05, 0) is 36.7 Å². The van der Waals surface area contributed by atoms with Crippen LogP contribution in [0.3, 0.4) is 0 Å². The third kappa shape index (κ3) is 2.46. The second-order valence-electron chi connectivity index (χ2n) is 2.96. The largest absolute Gasteiger partial charge is 0.310 e. The number of halogens is 3. The number of hydrogen-bond donors (Lipinski definition) is 1. The van der Waals surface area contributed by atoms with Crippen molar-refractivity contribution >= 4 is 44.3 Å². The van der Waals surface area contributed by atoms with E-state index in [-0.39, 0.29) is 12.4 Å². The van der Waals surface area contributed by atoms with Gasteiger partial charge in [-0.15, -0.1) is 12.4 Å². The van der Waals surface area contributed by atoms with E-state index in [0.717, 1.165) is 11.0 Å². The van der Waals surface area contributed by atoms with E-state index in [1.165, 1.54) is 16.5 Å². The lowest BCUT2D eigenvalue weighted by atomic mass is 9.98. The Morgan fingerprint density at radius 3 is 2.54 bits per heavy atom. The number of nitrogens with one attached hydrogen (secondary N) is 1. The summed E-state index contributed by atoms with van der Waals surface area (Å²) in [5.41, 5.74) is 1.36. The molecule has 0 spiro atoms. The summed E-state index contributed by atoms with van der Waals surface area (Å²) >= 11 is 7.01. The van der Waals surface area contributed by atoms with Crippen LogP contribution >= 0.6 is 44.3 Å². The van der Waals surface area contributed by atoms with Gasteiger partial charge >= 0.3 is 0 Å².